The molecule has 0 saturated carbocycles. The van der Waals surface area contributed by atoms with Gasteiger partial charge in [0.15, 0.2) is 6.10 Å². The van der Waals surface area contributed by atoms with Gasteiger partial charge >= 0.3 is 17.9 Å². The minimum absolute atomic E-state index is 0.189. The van der Waals surface area contributed by atoms with Crippen molar-refractivity contribution in [1.29, 1.82) is 0 Å². The molecule has 0 aliphatic rings. The summed E-state index contributed by atoms with van der Waals surface area (Å²) in [6, 6.07) is 24.4. The molecular weight excluding hydrogens is 400 g/mol. The minimum atomic E-state index is -1.94. The third-order valence-electron chi connectivity index (χ3n) is 4.21. The van der Waals surface area contributed by atoms with Crippen LogP contribution in [0.1, 0.15) is 6.42 Å². The predicted molar refractivity (Wildman–Crippen MR) is 110 cm³/mol. The van der Waals surface area contributed by atoms with Crippen LogP contribution >= 0.6 is 0 Å². The third kappa shape index (κ3) is 6.52. The molecule has 0 aliphatic carbocycles. The molecule has 158 valence electrons. The molecule has 0 bridgehead atoms. The quantitative estimate of drug-likeness (QED) is 0.441. The first-order valence-electron chi connectivity index (χ1n) is 9.50. The zero-order valence-electron chi connectivity index (χ0n) is 16.4. The van der Waals surface area contributed by atoms with E-state index in [-0.39, 0.29) is 17.2 Å². The van der Waals surface area contributed by atoms with Crippen LogP contribution in [-0.2, 0) is 14.4 Å². The zero-order valence-corrected chi connectivity index (χ0v) is 16.4. The Morgan fingerprint density at radius 3 is 1.45 bits per heavy atom. The second-order valence-electron chi connectivity index (χ2n) is 6.51. The van der Waals surface area contributed by atoms with Crippen molar-refractivity contribution in [2.75, 3.05) is 0 Å². The number of benzene rings is 3. The molecule has 0 heterocycles. The van der Waals surface area contributed by atoms with Crippen LogP contribution in [0, 0.1) is 5.92 Å². The van der Waals surface area contributed by atoms with Gasteiger partial charge in [0.1, 0.15) is 23.2 Å². The third-order valence-corrected chi connectivity index (χ3v) is 4.21. The van der Waals surface area contributed by atoms with Crippen LogP contribution in [0.2, 0.25) is 0 Å². The van der Waals surface area contributed by atoms with E-state index in [1.807, 2.05) is 0 Å². The number of aliphatic hydroxyl groups is 1. The molecular formula is C24H20O7. The number of carbonyl (C=O) groups excluding carboxylic acids is 3. The number of esters is 3. The summed E-state index contributed by atoms with van der Waals surface area (Å²) in [6.45, 7) is 0. The summed E-state index contributed by atoms with van der Waals surface area (Å²) in [5.74, 6) is -3.74. The highest BCUT2D eigenvalue weighted by Gasteiger charge is 2.37. The smallest absolute Gasteiger partial charge is 0.341 e. The molecule has 0 fully saturated rings. The lowest BCUT2D eigenvalue weighted by atomic mass is 9.98. The van der Waals surface area contributed by atoms with Crippen LogP contribution in [0.5, 0.6) is 17.2 Å². The summed E-state index contributed by atoms with van der Waals surface area (Å²) in [6.07, 6.45) is -2.54. The Morgan fingerprint density at radius 2 is 1.00 bits per heavy atom. The highest BCUT2D eigenvalue weighted by atomic mass is 16.6. The normalized spacial score (nSPS) is 12.3. The van der Waals surface area contributed by atoms with Crippen molar-refractivity contribution < 1.29 is 33.7 Å². The number of ether oxygens (including phenoxy) is 3. The highest BCUT2D eigenvalue weighted by molar-refractivity contribution is 5.89. The maximum Gasteiger partial charge on any atom is 0.341 e. The van der Waals surface area contributed by atoms with Gasteiger partial charge in [0.25, 0.3) is 0 Å². The van der Waals surface area contributed by atoms with E-state index >= 15 is 0 Å². The molecule has 7 heteroatoms. The van der Waals surface area contributed by atoms with Gasteiger partial charge in [-0.2, -0.15) is 0 Å². The van der Waals surface area contributed by atoms with E-state index in [9.17, 15) is 19.5 Å². The van der Waals surface area contributed by atoms with E-state index < -0.39 is 36.4 Å². The molecule has 0 saturated heterocycles. The highest BCUT2D eigenvalue weighted by Crippen LogP contribution is 2.20. The molecule has 0 aliphatic heterocycles. The van der Waals surface area contributed by atoms with E-state index in [2.05, 4.69) is 0 Å². The fraction of sp³-hybridized carbons (Fsp3) is 0.125. The number of hydrogen-bond acceptors (Lipinski definition) is 7. The molecule has 0 aromatic heterocycles. The van der Waals surface area contributed by atoms with Crippen molar-refractivity contribution >= 4 is 17.9 Å². The van der Waals surface area contributed by atoms with E-state index in [0.717, 1.165) is 0 Å². The Balaban J connectivity index is 1.74. The fourth-order valence-electron chi connectivity index (χ4n) is 2.67. The molecule has 3 aromatic carbocycles. The lowest BCUT2D eigenvalue weighted by molar-refractivity contribution is -0.159. The average Bonchev–Trinajstić information content (AvgIpc) is 2.79. The Labute approximate surface area is 178 Å². The molecule has 0 spiro atoms. The summed E-state index contributed by atoms with van der Waals surface area (Å²) in [7, 11) is 0. The van der Waals surface area contributed by atoms with Crippen molar-refractivity contribution in [3.8, 4) is 17.2 Å². The van der Waals surface area contributed by atoms with Crippen LogP contribution in [0.4, 0.5) is 0 Å². The summed E-state index contributed by atoms with van der Waals surface area (Å²) in [5.41, 5.74) is 0. The largest absolute Gasteiger partial charge is 0.427 e. The SMILES string of the molecule is O=C(CC(C(=O)Oc1ccccc1)C(O)C(=O)Oc1ccccc1)Oc1ccccc1. The van der Waals surface area contributed by atoms with Crippen LogP contribution in [0.3, 0.4) is 0 Å². The van der Waals surface area contributed by atoms with Crippen molar-refractivity contribution in [1.82, 2.24) is 0 Å². The average molecular weight is 420 g/mol. The lowest BCUT2D eigenvalue weighted by Gasteiger charge is -2.19. The number of rotatable bonds is 8. The van der Waals surface area contributed by atoms with Gasteiger partial charge in [-0.05, 0) is 36.4 Å². The minimum Gasteiger partial charge on any atom is -0.427 e. The van der Waals surface area contributed by atoms with Crippen LogP contribution in [-0.4, -0.2) is 29.1 Å². The Bertz CT molecular complexity index is 1000. The molecule has 0 radical (unpaired) electrons. The van der Waals surface area contributed by atoms with Crippen LogP contribution < -0.4 is 14.2 Å². The van der Waals surface area contributed by atoms with Gasteiger partial charge in [-0.3, -0.25) is 9.59 Å². The summed E-state index contributed by atoms with van der Waals surface area (Å²) in [4.78, 5) is 37.5. The molecule has 2 unspecified atom stereocenters. The van der Waals surface area contributed by atoms with Gasteiger partial charge in [-0.1, -0.05) is 54.6 Å². The molecule has 31 heavy (non-hydrogen) atoms. The molecule has 2 atom stereocenters. The van der Waals surface area contributed by atoms with E-state index in [1.165, 1.54) is 24.3 Å². The van der Waals surface area contributed by atoms with Gasteiger partial charge < -0.3 is 19.3 Å². The second kappa shape index (κ2) is 10.7. The van der Waals surface area contributed by atoms with Gasteiger partial charge in [0.2, 0.25) is 0 Å². The standard InChI is InChI=1S/C24H20O7/c25-21(29-17-10-4-1-5-11-17)16-20(23(27)30-18-12-6-2-7-13-18)22(26)24(28)31-19-14-8-3-9-15-19/h1-15,20,22,26H,16H2. The monoisotopic (exact) mass is 420 g/mol. The molecule has 1 N–H and O–H groups in total. The van der Waals surface area contributed by atoms with Gasteiger partial charge in [0, 0.05) is 0 Å². The number of carbonyl (C=O) groups is 3. The maximum absolute atomic E-state index is 12.7. The Morgan fingerprint density at radius 1 is 0.613 bits per heavy atom. The first kappa shape index (κ1) is 21.7. The van der Waals surface area contributed by atoms with E-state index in [0.29, 0.717) is 0 Å². The summed E-state index contributed by atoms with van der Waals surface area (Å²) >= 11 is 0. The fourth-order valence-corrected chi connectivity index (χ4v) is 2.67. The summed E-state index contributed by atoms with van der Waals surface area (Å²) < 4.78 is 15.5. The molecule has 0 amide bonds. The number of hydrogen-bond donors (Lipinski definition) is 1. The van der Waals surface area contributed by atoms with Gasteiger partial charge in [0.05, 0.1) is 6.42 Å². The lowest BCUT2D eigenvalue weighted by Crippen LogP contribution is -2.41. The zero-order chi connectivity index (χ0) is 22.1. The number of aliphatic hydroxyl groups excluding tert-OH is 1. The Hall–Kier alpha value is -3.97. The van der Waals surface area contributed by atoms with E-state index in [4.69, 9.17) is 14.2 Å². The van der Waals surface area contributed by atoms with Crippen molar-refractivity contribution in [3.63, 3.8) is 0 Å². The molecule has 7 nitrogen and oxygen atoms in total. The molecule has 3 aromatic rings. The first-order chi connectivity index (χ1) is 15.0. The summed E-state index contributed by atoms with van der Waals surface area (Å²) in [5, 5.41) is 10.5. The topological polar surface area (TPSA) is 99.1 Å². The number of para-hydroxylation sites is 3. The second-order valence-corrected chi connectivity index (χ2v) is 6.51. The first-order valence-corrected chi connectivity index (χ1v) is 9.50. The Kier molecular flexibility index (Phi) is 7.50. The van der Waals surface area contributed by atoms with Crippen molar-refractivity contribution in [2.45, 2.75) is 12.5 Å². The van der Waals surface area contributed by atoms with Crippen molar-refractivity contribution in [2.24, 2.45) is 5.92 Å². The predicted octanol–water partition coefficient (Wildman–Crippen LogP) is 3.17. The van der Waals surface area contributed by atoms with E-state index in [1.54, 1.807) is 66.7 Å². The van der Waals surface area contributed by atoms with Gasteiger partial charge in [-0.25, -0.2) is 4.79 Å². The van der Waals surface area contributed by atoms with Gasteiger partial charge in [-0.15, -0.1) is 0 Å². The van der Waals surface area contributed by atoms with Crippen LogP contribution in [0.25, 0.3) is 0 Å². The van der Waals surface area contributed by atoms with Crippen LogP contribution in [0.15, 0.2) is 91.0 Å². The molecule has 3 rings (SSSR count). The van der Waals surface area contributed by atoms with Crippen molar-refractivity contribution in [3.05, 3.63) is 91.0 Å². The maximum atomic E-state index is 12.7.